The monoisotopic (exact) mass is 312 g/mol. The zero-order valence-electron chi connectivity index (χ0n) is 13.4. The Morgan fingerprint density at radius 1 is 1.14 bits per heavy atom. The maximum atomic E-state index is 11.8. The highest BCUT2D eigenvalue weighted by atomic mass is 16.4. The molecule has 1 fully saturated rings. The zero-order valence-corrected chi connectivity index (χ0v) is 13.4. The van der Waals surface area contributed by atoms with E-state index in [1.807, 2.05) is 6.92 Å². The molecule has 0 radical (unpaired) electrons. The Bertz CT molecular complexity index is 378. The molecule has 0 saturated heterocycles. The van der Waals surface area contributed by atoms with Crippen molar-refractivity contribution in [2.75, 3.05) is 6.54 Å². The molecule has 3 N–H and O–H groups in total. The van der Waals surface area contributed by atoms with Gasteiger partial charge < -0.3 is 15.7 Å². The molecule has 6 nitrogen and oxygen atoms in total. The van der Waals surface area contributed by atoms with Crippen LogP contribution in [0.15, 0.2) is 0 Å². The molecule has 1 unspecified atom stereocenters. The lowest BCUT2D eigenvalue weighted by atomic mass is 9.87. The average molecular weight is 312 g/mol. The summed E-state index contributed by atoms with van der Waals surface area (Å²) in [5.74, 6) is -1.17. The fourth-order valence-electron chi connectivity index (χ4n) is 2.82. The number of carbonyl (C=O) groups is 3. The van der Waals surface area contributed by atoms with Crippen molar-refractivity contribution in [3.05, 3.63) is 0 Å². The largest absolute Gasteiger partial charge is 0.480 e. The molecule has 0 heterocycles. The second-order valence-electron chi connectivity index (χ2n) is 6.09. The first-order chi connectivity index (χ1) is 10.5. The van der Waals surface area contributed by atoms with Crippen molar-refractivity contribution in [2.45, 2.75) is 70.8 Å². The van der Waals surface area contributed by atoms with E-state index in [-0.39, 0.29) is 12.5 Å². The van der Waals surface area contributed by atoms with Crippen LogP contribution in [0.3, 0.4) is 0 Å². The Morgan fingerprint density at radius 2 is 1.82 bits per heavy atom. The van der Waals surface area contributed by atoms with E-state index in [9.17, 15) is 14.4 Å². The Labute approximate surface area is 132 Å². The molecular weight excluding hydrogens is 284 g/mol. The highest BCUT2D eigenvalue weighted by Crippen LogP contribution is 2.25. The number of amides is 2. The van der Waals surface area contributed by atoms with E-state index >= 15 is 0 Å². The Balaban J connectivity index is 2.25. The number of hydrogen-bond acceptors (Lipinski definition) is 3. The minimum atomic E-state index is -1.03. The predicted molar refractivity (Wildman–Crippen MR) is 83.3 cm³/mol. The maximum Gasteiger partial charge on any atom is 0.326 e. The van der Waals surface area contributed by atoms with E-state index in [0.717, 1.165) is 25.7 Å². The number of aliphatic carboxylic acids is 1. The van der Waals surface area contributed by atoms with E-state index in [4.69, 9.17) is 5.11 Å². The molecule has 1 saturated carbocycles. The van der Waals surface area contributed by atoms with Crippen LogP contribution in [0.4, 0.5) is 0 Å². The molecule has 0 aliphatic heterocycles. The van der Waals surface area contributed by atoms with E-state index in [1.54, 1.807) is 0 Å². The molecule has 0 aromatic heterocycles. The minimum absolute atomic E-state index is 0.123. The van der Waals surface area contributed by atoms with Gasteiger partial charge in [0.15, 0.2) is 0 Å². The van der Waals surface area contributed by atoms with Crippen molar-refractivity contribution in [1.82, 2.24) is 10.6 Å². The van der Waals surface area contributed by atoms with Gasteiger partial charge in [-0.25, -0.2) is 4.79 Å². The van der Waals surface area contributed by atoms with E-state index < -0.39 is 17.9 Å². The molecule has 126 valence electrons. The zero-order chi connectivity index (χ0) is 16.4. The molecule has 0 aromatic carbocycles. The van der Waals surface area contributed by atoms with Crippen LogP contribution in [0.25, 0.3) is 0 Å². The SMILES string of the molecule is CCCCC(NC(=O)CNC(=O)CC1CCCCC1)C(=O)O. The molecule has 1 atom stereocenters. The summed E-state index contributed by atoms with van der Waals surface area (Å²) in [5, 5.41) is 14.1. The summed E-state index contributed by atoms with van der Waals surface area (Å²) >= 11 is 0. The van der Waals surface area contributed by atoms with Crippen molar-refractivity contribution >= 4 is 17.8 Å². The number of carbonyl (C=O) groups excluding carboxylic acids is 2. The van der Waals surface area contributed by atoms with Gasteiger partial charge in [-0.3, -0.25) is 9.59 Å². The van der Waals surface area contributed by atoms with Crippen LogP contribution in [-0.2, 0) is 14.4 Å². The molecular formula is C16H28N2O4. The predicted octanol–water partition coefficient (Wildman–Crippen LogP) is 1.83. The maximum absolute atomic E-state index is 11.8. The Kier molecular flexibility index (Phi) is 8.55. The fraction of sp³-hybridized carbons (Fsp3) is 0.812. The van der Waals surface area contributed by atoms with Crippen molar-refractivity contribution in [3.63, 3.8) is 0 Å². The first-order valence-electron chi connectivity index (χ1n) is 8.31. The van der Waals surface area contributed by atoms with Gasteiger partial charge in [-0.2, -0.15) is 0 Å². The normalized spacial score (nSPS) is 16.8. The second-order valence-corrected chi connectivity index (χ2v) is 6.09. The smallest absolute Gasteiger partial charge is 0.326 e. The van der Waals surface area contributed by atoms with Crippen molar-refractivity contribution in [3.8, 4) is 0 Å². The van der Waals surface area contributed by atoms with Crippen LogP contribution < -0.4 is 10.6 Å². The summed E-state index contributed by atoms with van der Waals surface area (Å²) in [6, 6.07) is -0.873. The molecule has 1 aliphatic rings. The lowest BCUT2D eigenvalue weighted by molar-refractivity contribution is -0.142. The molecule has 0 bridgehead atoms. The van der Waals surface area contributed by atoms with Gasteiger partial charge in [-0.15, -0.1) is 0 Å². The Morgan fingerprint density at radius 3 is 2.41 bits per heavy atom. The van der Waals surface area contributed by atoms with E-state index in [0.29, 0.717) is 18.8 Å². The topological polar surface area (TPSA) is 95.5 Å². The summed E-state index contributed by atoms with van der Waals surface area (Å²) in [6.45, 7) is 1.81. The minimum Gasteiger partial charge on any atom is -0.480 e. The summed E-state index contributed by atoms with van der Waals surface area (Å²) in [6.07, 6.45) is 8.25. The second kappa shape index (κ2) is 10.2. The van der Waals surface area contributed by atoms with Crippen molar-refractivity contribution < 1.29 is 19.5 Å². The van der Waals surface area contributed by atoms with E-state index in [1.165, 1.54) is 19.3 Å². The third-order valence-electron chi connectivity index (χ3n) is 4.12. The van der Waals surface area contributed by atoms with Gasteiger partial charge in [0.25, 0.3) is 0 Å². The third-order valence-corrected chi connectivity index (χ3v) is 4.12. The molecule has 0 spiro atoms. The number of carboxylic acid groups (broad SMARTS) is 1. The fourth-order valence-corrected chi connectivity index (χ4v) is 2.82. The van der Waals surface area contributed by atoms with Gasteiger partial charge in [-0.05, 0) is 25.2 Å². The summed E-state index contributed by atoms with van der Waals surface area (Å²) in [7, 11) is 0. The first-order valence-corrected chi connectivity index (χ1v) is 8.31. The van der Waals surface area contributed by atoms with Gasteiger partial charge in [0, 0.05) is 6.42 Å². The van der Waals surface area contributed by atoms with Crippen LogP contribution in [0, 0.1) is 5.92 Å². The lowest BCUT2D eigenvalue weighted by Gasteiger charge is -2.21. The van der Waals surface area contributed by atoms with Crippen molar-refractivity contribution in [2.24, 2.45) is 5.92 Å². The molecule has 1 aliphatic carbocycles. The third kappa shape index (κ3) is 7.43. The van der Waals surface area contributed by atoms with Crippen molar-refractivity contribution in [1.29, 1.82) is 0 Å². The number of carboxylic acids is 1. The van der Waals surface area contributed by atoms with E-state index in [2.05, 4.69) is 10.6 Å². The summed E-state index contributed by atoms with van der Waals surface area (Å²) in [5.41, 5.74) is 0. The molecule has 1 rings (SSSR count). The van der Waals surface area contributed by atoms with Crippen LogP contribution in [0.1, 0.15) is 64.7 Å². The van der Waals surface area contributed by atoms with Gasteiger partial charge >= 0.3 is 5.97 Å². The summed E-state index contributed by atoms with van der Waals surface area (Å²) in [4.78, 5) is 34.6. The van der Waals surface area contributed by atoms with Crippen LogP contribution in [0.5, 0.6) is 0 Å². The highest BCUT2D eigenvalue weighted by Gasteiger charge is 2.20. The summed E-state index contributed by atoms with van der Waals surface area (Å²) < 4.78 is 0. The van der Waals surface area contributed by atoms with Gasteiger partial charge in [0.1, 0.15) is 6.04 Å². The number of rotatable bonds is 9. The molecule has 6 heteroatoms. The standard InChI is InChI=1S/C16H28N2O4/c1-2-3-9-13(16(21)22)18-15(20)11-17-14(19)10-12-7-5-4-6-8-12/h12-13H,2-11H2,1H3,(H,17,19)(H,18,20)(H,21,22). The molecule has 0 aromatic rings. The number of hydrogen-bond donors (Lipinski definition) is 3. The number of nitrogens with one attached hydrogen (secondary N) is 2. The molecule has 22 heavy (non-hydrogen) atoms. The average Bonchev–Trinajstić information content (AvgIpc) is 2.50. The quantitative estimate of drug-likeness (QED) is 0.605. The number of unbranched alkanes of at least 4 members (excludes halogenated alkanes) is 1. The first kappa shape index (κ1) is 18.5. The van der Waals surface area contributed by atoms with Gasteiger partial charge in [-0.1, -0.05) is 39.0 Å². The highest BCUT2D eigenvalue weighted by molar-refractivity contribution is 5.87. The van der Waals surface area contributed by atoms with Crippen LogP contribution >= 0.6 is 0 Å². The lowest BCUT2D eigenvalue weighted by Crippen LogP contribution is -2.45. The molecule has 2 amide bonds. The Hall–Kier alpha value is -1.59. The van der Waals surface area contributed by atoms with Crippen LogP contribution in [-0.4, -0.2) is 35.5 Å². The van der Waals surface area contributed by atoms with Crippen LogP contribution in [0.2, 0.25) is 0 Å². The van der Waals surface area contributed by atoms with Gasteiger partial charge in [0.05, 0.1) is 6.54 Å². The van der Waals surface area contributed by atoms with Gasteiger partial charge in [0.2, 0.25) is 11.8 Å².